The van der Waals surface area contributed by atoms with Crippen molar-refractivity contribution in [3.63, 3.8) is 0 Å². The van der Waals surface area contributed by atoms with Gasteiger partial charge >= 0.3 is 0 Å². The van der Waals surface area contributed by atoms with Crippen LogP contribution in [0.2, 0.25) is 0 Å². The van der Waals surface area contributed by atoms with Crippen LogP contribution >= 0.6 is 24.0 Å². The molecule has 0 aliphatic carbocycles. The van der Waals surface area contributed by atoms with E-state index in [0.717, 1.165) is 25.9 Å². The molecule has 8 heteroatoms. The Morgan fingerprint density at radius 2 is 2.25 bits per heavy atom. The molecule has 2 saturated heterocycles. The smallest absolute Gasteiger partial charge is 0.191 e. The van der Waals surface area contributed by atoms with Crippen LogP contribution in [-0.4, -0.2) is 63.1 Å². The summed E-state index contributed by atoms with van der Waals surface area (Å²) in [6.45, 7) is 4.68. The van der Waals surface area contributed by atoms with Gasteiger partial charge in [0.2, 0.25) is 0 Å². The molecule has 2 atom stereocenters. The molecule has 0 aromatic rings. The highest BCUT2D eigenvalue weighted by molar-refractivity contribution is 14.0. The Bertz CT molecular complexity index is 441. The van der Waals surface area contributed by atoms with Crippen molar-refractivity contribution >= 4 is 39.8 Å². The largest absolute Gasteiger partial charge is 0.375 e. The summed E-state index contributed by atoms with van der Waals surface area (Å²) in [6, 6.07) is 0. The van der Waals surface area contributed by atoms with Gasteiger partial charge in [-0.25, -0.2) is 8.42 Å². The van der Waals surface area contributed by atoms with Crippen molar-refractivity contribution in [2.45, 2.75) is 25.9 Å². The predicted molar refractivity (Wildman–Crippen MR) is 90.3 cm³/mol. The van der Waals surface area contributed by atoms with Gasteiger partial charge in [-0.05, 0) is 25.7 Å². The maximum atomic E-state index is 11.5. The number of ether oxygens (including phenoxy) is 1. The number of hydrogen-bond donors (Lipinski definition) is 1. The zero-order chi connectivity index (χ0) is 13.9. The standard InChI is InChI=1S/C12H23N3O3S.HI/c1-10-8-15(4-5-18-10)12(13)14-7-11-3-2-6-19(16,17)9-11;/h10-11H,2-9H2,1H3,(H2,13,14);1H. The lowest BCUT2D eigenvalue weighted by Gasteiger charge is -2.32. The molecule has 2 heterocycles. The third kappa shape index (κ3) is 5.36. The lowest BCUT2D eigenvalue weighted by atomic mass is 10.1. The summed E-state index contributed by atoms with van der Waals surface area (Å²) in [5.41, 5.74) is 5.97. The number of halogens is 1. The van der Waals surface area contributed by atoms with E-state index in [2.05, 4.69) is 4.99 Å². The lowest BCUT2D eigenvalue weighted by molar-refractivity contribution is 0.00528. The molecule has 0 amide bonds. The monoisotopic (exact) mass is 417 g/mol. The van der Waals surface area contributed by atoms with Crippen molar-refractivity contribution in [2.75, 3.05) is 37.7 Å². The van der Waals surface area contributed by atoms with Crippen LogP contribution in [-0.2, 0) is 14.6 Å². The minimum absolute atomic E-state index is 0. The van der Waals surface area contributed by atoms with Crippen molar-refractivity contribution in [1.82, 2.24) is 4.90 Å². The Kier molecular flexibility index (Phi) is 6.99. The van der Waals surface area contributed by atoms with Gasteiger partial charge in [-0.15, -0.1) is 24.0 Å². The second-order valence-electron chi connectivity index (χ2n) is 5.45. The Balaban J connectivity index is 0.00000200. The van der Waals surface area contributed by atoms with E-state index in [4.69, 9.17) is 10.5 Å². The molecule has 0 spiro atoms. The van der Waals surface area contributed by atoms with E-state index in [1.54, 1.807) is 0 Å². The summed E-state index contributed by atoms with van der Waals surface area (Å²) in [7, 11) is -2.86. The molecule has 0 saturated carbocycles. The second kappa shape index (κ2) is 7.79. The third-order valence-corrected chi connectivity index (χ3v) is 5.52. The number of nitrogens with zero attached hydrogens (tertiary/aromatic N) is 2. The van der Waals surface area contributed by atoms with E-state index in [-0.39, 0.29) is 41.8 Å². The number of morpholine rings is 1. The molecule has 2 fully saturated rings. The summed E-state index contributed by atoms with van der Waals surface area (Å²) in [5.74, 6) is 1.21. The summed E-state index contributed by atoms with van der Waals surface area (Å²) < 4.78 is 28.5. The molecule has 6 nitrogen and oxygen atoms in total. The molecule has 0 radical (unpaired) electrons. The number of aliphatic imine (C=N–C) groups is 1. The van der Waals surface area contributed by atoms with Gasteiger partial charge < -0.3 is 15.4 Å². The lowest BCUT2D eigenvalue weighted by Crippen LogP contribution is -2.48. The van der Waals surface area contributed by atoms with Crippen LogP contribution in [0, 0.1) is 5.92 Å². The van der Waals surface area contributed by atoms with Gasteiger partial charge in [-0.1, -0.05) is 0 Å². The molecular formula is C12H24IN3O3S. The first-order valence-electron chi connectivity index (χ1n) is 6.83. The molecule has 20 heavy (non-hydrogen) atoms. The molecule has 2 aliphatic heterocycles. The number of sulfone groups is 1. The van der Waals surface area contributed by atoms with Crippen LogP contribution in [0.5, 0.6) is 0 Å². The maximum Gasteiger partial charge on any atom is 0.191 e. The molecule has 2 N–H and O–H groups in total. The Labute approximate surface area is 138 Å². The molecule has 2 unspecified atom stereocenters. The van der Waals surface area contributed by atoms with Crippen LogP contribution < -0.4 is 5.73 Å². The van der Waals surface area contributed by atoms with E-state index >= 15 is 0 Å². The van der Waals surface area contributed by atoms with Crippen LogP contribution in [0.4, 0.5) is 0 Å². The van der Waals surface area contributed by atoms with Crippen molar-refractivity contribution in [1.29, 1.82) is 0 Å². The molecule has 0 aromatic heterocycles. The fourth-order valence-corrected chi connectivity index (χ4v) is 4.37. The summed E-state index contributed by atoms with van der Waals surface area (Å²) in [5, 5.41) is 0. The topological polar surface area (TPSA) is 85.0 Å². The average molecular weight is 417 g/mol. The molecule has 0 aromatic carbocycles. The SMILES string of the molecule is CC1CN(C(N)=NCC2CCCS(=O)(=O)C2)CCO1.I. The van der Waals surface area contributed by atoms with Crippen molar-refractivity contribution in [3.8, 4) is 0 Å². The number of rotatable bonds is 2. The number of hydrogen-bond acceptors (Lipinski definition) is 4. The van der Waals surface area contributed by atoms with Crippen molar-refractivity contribution < 1.29 is 13.2 Å². The van der Waals surface area contributed by atoms with Crippen molar-refractivity contribution in [2.24, 2.45) is 16.6 Å². The predicted octanol–water partition coefficient (Wildman–Crippen LogP) is 0.465. The van der Waals surface area contributed by atoms with Crippen LogP contribution in [0.25, 0.3) is 0 Å². The summed E-state index contributed by atoms with van der Waals surface area (Å²) in [6.07, 6.45) is 1.84. The van der Waals surface area contributed by atoms with E-state index in [1.807, 2.05) is 11.8 Å². The highest BCUT2D eigenvalue weighted by Crippen LogP contribution is 2.18. The van der Waals surface area contributed by atoms with Gasteiger partial charge in [0.25, 0.3) is 0 Å². The normalized spacial score (nSPS) is 30.6. The Morgan fingerprint density at radius 3 is 2.90 bits per heavy atom. The van der Waals surface area contributed by atoms with Gasteiger partial charge in [-0.2, -0.15) is 0 Å². The van der Waals surface area contributed by atoms with Gasteiger partial charge in [0.05, 0.1) is 24.2 Å². The zero-order valence-electron chi connectivity index (χ0n) is 11.8. The van der Waals surface area contributed by atoms with Gasteiger partial charge in [0, 0.05) is 19.6 Å². The van der Waals surface area contributed by atoms with Gasteiger partial charge in [0.1, 0.15) is 0 Å². The Morgan fingerprint density at radius 1 is 1.50 bits per heavy atom. The fraction of sp³-hybridized carbons (Fsp3) is 0.917. The van der Waals surface area contributed by atoms with Crippen LogP contribution in [0.3, 0.4) is 0 Å². The molecule has 2 rings (SSSR count). The molecular weight excluding hydrogens is 393 g/mol. The Hall–Kier alpha value is -0.0900. The first-order valence-corrected chi connectivity index (χ1v) is 8.65. The minimum Gasteiger partial charge on any atom is -0.375 e. The average Bonchev–Trinajstić information content (AvgIpc) is 2.35. The number of nitrogens with two attached hydrogens (primary N) is 1. The zero-order valence-corrected chi connectivity index (χ0v) is 15.0. The van der Waals surface area contributed by atoms with E-state index in [0.29, 0.717) is 24.9 Å². The van der Waals surface area contributed by atoms with Gasteiger partial charge in [-0.3, -0.25) is 4.99 Å². The highest BCUT2D eigenvalue weighted by Gasteiger charge is 2.25. The van der Waals surface area contributed by atoms with E-state index in [9.17, 15) is 8.42 Å². The highest BCUT2D eigenvalue weighted by atomic mass is 127. The first-order chi connectivity index (χ1) is 8.96. The van der Waals surface area contributed by atoms with Gasteiger partial charge in [0.15, 0.2) is 15.8 Å². The minimum atomic E-state index is -2.86. The first kappa shape index (κ1) is 18.0. The molecule has 2 aliphatic rings. The maximum absolute atomic E-state index is 11.5. The summed E-state index contributed by atoms with van der Waals surface area (Å²) >= 11 is 0. The summed E-state index contributed by atoms with van der Waals surface area (Å²) in [4.78, 5) is 6.38. The fourth-order valence-electron chi connectivity index (χ4n) is 2.61. The van der Waals surface area contributed by atoms with E-state index in [1.165, 1.54) is 0 Å². The van der Waals surface area contributed by atoms with Crippen LogP contribution in [0.1, 0.15) is 19.8 Å². The number of guanidine groups is 1. The molecule has 118 valence electrons. The van der Waals surface area contributed by atoms with Crippen LogP contribution in [0.15, 0.2) is 4.99 Å². The molecule has 0 bridgehead atoms. The van der Waals surface area contributed by atoms with E-state index < -0.39 is 9.84 Å². The third-order valence-electron chi connectivity index (χ3n) is 3.63. The quantitative estimate of drug-likeness (QED) is 0.401. The second-order valence-corrected chi connectivity index (χ2v) is 7.68. The van der Waals surface area contributed by atoms with Crippen molar-refractivity contribution in [3.05, 3.63) is 0 Å².